The number of thioether (sulfide) groups is 2. The molecule has 2 heterocycles. The lowest BCUT2D eigenvalue weighted by Crippen LogP contribution is -2.19. The second-order valence-electron chi connectivity index (χ2n) is 5.80. The number of nitrogens with zero attached hydrogens (tertiary/aromatic N) is 4. The number of fused-ring (bicyclic) bond motifs is 1. The van der Waals surface area contributed by atoms with Crippen LogP contribution in [0.1, 0.15) is 32.1 Å². The lowest BCUT2D eigenvalue weighted by Gasteiger charge is -2.22. The maximum atomic E-state index is 9.49. The molecule has 120 valence electrons. The van der Waals surface area contributed by atoms with E-state index in [-0.39, 0.29) is 5.75 Å². The molecule has 1 N–H and O–H groups in total. The van der Waals surface area contributed by atoms with Gasteiger partial charge in [0.2, 0.25) is 0 Å². The highest BCUT2D eigenvalue weighted by atomic mass is 32.2. The molecule has 4 rings (SSSR count). The molecule has 1 saturated carbocycles. The Kier molecular flexibility index (Phi) is 4.31. The summed E-state index contributed by atoms with van der Waals surface area (Å²) in [6.45, 7) is 0. The minimum atomic E-state index is 0.256. The summed E-state index contributed by atoms with van der Waals surface area (Å²) in [6.07, 6.45) is 6.26. The SMILES string of the molecule is Oc1ccc(-c2nnc3n2C(=NC2CCCCC2)SCS3)cc1. The Morgan fingerprint density at radius 3 is 2.61 bits per heavy atom. The van der Waals surface area contributed by atoms with E-state index in [1.54, 1.807) is 35.7 Å². The van der Waals surface area contributed by atoms with E-state index in [9.17, 15) is 5.11 Å². The Morgan fingerprint density at radius 1 is 1.04 bits per heavy atom. The maximum Gasteiger partial charge on any atom is 0.198 e. The summed E-state index contributed by atoms with van der Waals surface area (Å²) in [6, 6.07) is 7.52. The van der Waals surface area contributed by atoms with Crippen LogP contribution in [0.15, 0.2) is 34.4 Å². The zero-order chi connectivity index (χ0) is 15.6. The number of hydrogen-bond donors (Lipinski definition) is 1. The second kappa shape index (κ2) is 6.57. The van der Waals surface area contributed by atoms with Crippen LogP contribution in [0.3, 0.4) is 0 Å². The zero-order valence-corrected chi connectivity index (χ0v) is 14.3. The van der Waals surface area contributed by atoms with Gasteiger partial charge in [0.15, 0.2) is 16.1 Å². The number of aromatic hydroxyl groups is 1. The first-order valence-electron chi connectivity index (χ1n) is 7.90. The van der Waals surface area contributed by atoms with Crippen molar-refractivity contribution in [3.05, 3.63) is 24.3 Å². The minimum absolute atomic E-state index is 0.256. The van der Waals surface area contributed by atoms with Crippen molar-refractivity contribution in [2.45, 2.75) is 43.3 Å². The first-order valence-corrected chi connectivity index (χ1v) is 9.87. The van der Waals surface area contributed by atoms with Crippen LogP contribution >= 0.6 is 23.5 Å². The number of aromatic nitrogens is 3. The molecule has 1 aliphatic carbocycles. The average molecular weight is 346 g/mol. The van der Waals surface area contributed by atoms with Crippen LogP contribution in [-0.2, 0) is 0 Å². The van der Waals surface area contributed by atoms with Crippen molar-refractivity contribution < 1.29 is 5.11 Å². The lowest BCUT2D eigenvalue weighted by atomic mass is 9.96. The molecule has 23 heavy (non-hydrogen) atoms. The molecule has 2 aliphatic rings. The van der Waals surface area contributed by atoms with Crippen molar-refractivity contribution in [1.82, 2.24) is 14.8 Å². The number of aliphatic imine (C=N–C) groups is 1. The van der Waals surface area contributed by atoms with E-state index in [1.165, 1.54) is 32.1 Å². The van der Waals surface area contributed by atoms with E-state index in [0.29, 0.717) is 6.04 Å². The zero-order valence-electron chi connectivity index (χ0n) is 12.7. The van der Waals surface area contributed by atoms with Gasteiger partial charge in [0.25, 0.3) is 0 Å². The van der Waals surface area contributed by atoms with Gasteiger partial charge in [-0.1, -0.05) is 42.8 Å². The molecule has 0 radical (unpaired) electrons. The molecule has 1 aromatic heterocycles. The molecule has 5 nitrogen and oxygen atoms in total. The van der Waals surface area contributed by atoms with Crippen LogP contribution < -0.4 is 0 Å². The lowest BCUT2D eigenvalue weighted by molar-refractivity contribution is 0.443. The molecule has 7 heteroatoms. The molecule has 2 aromatic rings. The number of phenols is 1. The summed E-state index contributed by atoms with van der Waals surface area (Å²) < 4.78 is 2.07. The van der Waals surface area contributed by atoms with Crippen molar-refractivity contribution in [3.63, 3.8) is 0 Å². The van der Waals surface area contributed by atoms with Crippen LogP contribution in [0.2, 0.25) is 0 Å². The fraction of sp³-hybridized carbons (Fsp3) is 0.438. The van der Waals surface area contributed by atoms with E-state index in [1.807, 2.05) is 12.1 Å². The molecular formula is C16H18N4OS2. The third-order valence-electron chi connectivity index (χ3n) is 4.19. The third-order valence-corrected chi connectivity index (χ3v) is 6.21. The highest BCUT2D eigenvalue weighted by Gasteiger charge is 2.25. The summed E-state index contributed by atoms with van der Waals surface area (Å²) in [5, 5.41) is 21.0. The fourth-order valence-corrected chi connectivity index (χ4v) is 5.06. The van der Waals surface area contributed by atoms with Crippen LogP contribution in [0.5, 0.6) is 5.75 Å². The van der Waals surface area contributed by atoms with Crippen LogP contribution in [-0.4, -0.2) is 36.2 Å². The van der Waals surface area contributed by atoms with Crippen LogP contribution in [0, 0.1) is 0 Å². The van der Waals surface area contributed by atoms with Gasteiger partial charge in [0.1, 0.15) is 5.75 Å². The number of hydrogen-bond acceptors (Lipinski definition) is 6. The molecule has 0 saturated heterocycles. The van der Waals surface area contributed by atoms with Gasteiger partial charge in [-0.25, -0.2) is 4.57 Å². The molecule has 0 spiro atoms. The summed E-state index contributed by atoms with van der Waals surface area (Å²) in [5.74, 6) is 1.06. The molecule has 0 unspecified atom stereocenters. The van der Waals surface area contributed by atoms with Gasteiger partial charge < -0.3 is 5.11 Å². The summed E-state index contributed by atoms with van der Waals surface area (Å²) in [5.41, 5.74) is 0.945. The van der Waals surface area contributed by atoms with Gasteiger partial charge in [-0.2, -0.15) is 0 Å². The number of phenolic OH excluding ortho intramolecular Hbond substituents is 1. The fourth-order valence-electron chi connectivity index (χ4n) is 2.99. The van der Waals surface area contributed by atoms with Crippen molar-refractivity contribution in [2.75, 3.05) is 5.08 Å². The van der Waals surface area contributed by atoms with Crippen molar-refractivity contribution in [3.8, 4) is 17.1 Å². The highest BCUT2D eigenvalue weighted by molar-refractivity contribution is 8.24. The Balaban J connectivity index is 1.72. The van der Waals surface area contributed by atoms with Crippen molar-refractivity contribution in [1.29, 1.82) is 0 Å². The van der Waals surface area contributed by atoms with Gasteiger partial charge >= 0.3 is 0 Å². The Hall–Kier alpha value is -1.47. The summed E-state index contributed by atoms with van der Waals surface area (Å²) >= 11 is 3.46. The summed E-state index contributed by atoms with van der Waals surface area (Å²) in [7, 11) is 0. The molecular weight excluding hydrogens is 328 g/mol. The Morgan fingerprint density at radius 2 is 1.83 bits per heavy atom. The van der Waals surface area contributed by atoms with E-state index in [0.717, 1.165) is 26.8 Å². The van der Waals surface area contributed by atoms with E-state index < -0.39 is 0 Å². The van der Waals surface area contributed by atoms with Crippen LogP contribution in [0.25, 0.3) is 11.4 Å². The molecule has 0 bridgehead atoms. The monoisotopic (exact) mass is 346 g/mol. The van der Waals surface area contributed by atoms with Crippen molar-refractivity contribution >= 4 is 28.7 Å². The third kappa shape index (κ3) is 3.12. The predicted octanol–water partition coefficient (Wildman–Crippen LogP) is 3.98. The first kappa shape index (κ1) is 15.1. The molecule has 0 amide bonds. The maximum absolute atomic E-state index is 9.49. The highest BCUT2D eigenvalue weighted by Crippen LogP contribution is 2.35. The summed E-state index contributed by atoms with van der Waals surface area (Å²) in [4.78, 5) is 5.01. The standard InChI is InChI=1S/C16H18N4OS2/c21-13-8-6-11(7-9-13)14-18-19-16-20(14)15(22-10-23-16)17-12-4-2-1-3-5-12/h6-9,12,21H,1-5,10H2. The second-order valence-corrected chi connectivity index (χ2v) is 8.05. The van der Waals surface area contributed by atoms with Gasteiger partial charge in [0, 0.05) is 5.56 Å². The predicted molar refractivity (Wildman–Crippen MR) is 95.1 cm³/mol. The molecule has 0 atom stereocenters. The first-order chi connectivity index (χ1) is 11.3. The van der Waals surface area contributed by atoms with E-state index in [2.05, 4.69) is 14.8 Å². The van der Waals surface area contributed by atoms with Gasteiger partial charge in [-0.05, 0) is 37.1 Å². The van der Waals surface area contributed by atoms with Gasteiger partial charge in [0.05, 0.1) is 11.1 Å². The largest absolute Gasteiger partial charge is 0.508 e. The van der Waals surface area contributed by atoms with Crippen LogP contribution in [0.4, 0.5) is 0 Å². The Labute approximate surface area is 143 Å². The Bertz CT molecular complexity index is 720. The number of benzene rings is 1. The quantitative estimate of drug-likeness (QED) is 0.891. The molecule has 1 aromatic carbocycles. The van der Waals surface area contributed by atoms with Gasteiger partial charge in [-0.3, -0.25) is 4.99 Å². The van der Waals surface area contributed by atoms with Gasteiger partial charge in [-0.15, -0.1) is 10.2 Å². The topological polar surface area (TPSA) is 63.3 Å². The van der Waals surface area contributed by atoms with E-state index >= 15 is 0 Å². The molecule has 1 fully saturated rings. The average Bonchev–Trinajstić information content (AvgIpc) is 3.02. The van der Waals surface area contributed by atoms with Crippen molar-refractivity contribution in [2.24, 2.45) is 4.99 Å². The molecule has 1 aliphatic heterocycles. The minimum Gasteiger partial charge on any atom is -0.508 e. The van der Waals surface area contributed by atoms with E-state index in [4.69, 9.17) is 4.99 Å². The smallest absolute Gasteiger partial charge is 0.198 e. The normalized spacial score (nSPS) is 20.6. The number of rotatable bonds is 2.